The van der Waals surface area contributed by atoms with Crippen molar-refractivity contribution in [2.24, 2.45) is 4.99 Å². The van der Waals surface area contributed by atoms with Gasteiger partial charge in [0, 0.05) is 58.2 Å². The minimum Gasteiger partial charge on any atom is -0.369 e. The van der Waals surface area contributed by atoms with Crippen LogP contribution in [-0.4, -0.2) is 68.7 Å². The third kappa shape index (κ3) is 8.04. The van der Waals surface area contributed by atoms with Crippen molar-refractivity contribution in [3.63, 3.8) is 0 Å². The number of unbranched alkanes of at least 4 members (excludes halogenated alkanes) is 1. The van der Waals surface area contributed by atoms with Gasteiger partial charge in [-0.1, -0.05) is 29.8 Å². The maximum atomic E-state index is 5.83. The number of aliphatic imine (C=N–C) groups is 1. The Morgan fingerprint density at radius 2 is 1.87 bits per heavy atom. The highest BCUT2D eigenvalue weighted by Gasteiger charge is 2.16. The summed E-state index contributed by atoms with van der Waals surface area (Å²) < 4.78 is 0. The highest BCUT2D eigenvalue weighted by Crippen LogP contribution is 2.17. The number of nitrogens with zero attached hydrogens (tertiary/aromatic N) is 4. The summed E-state index contributed by atoms with van der Waals surface area (Å²) in [5.41, 5.74) is 3.85. The highest BCUT2D eigenvalue weighted by atomic mass is 35.5. The number of hydrogen-bond donors (Lipinski definition) is 2. The summed E-state index contributed by atoms with van der Waals surface area (Å²) in [4.78, 5) is 13.5. The number of rotatable bonds is 9. The lowest BCUT2D eigenvalue weighted by Crippen LogP contribution is -2.46. The summed E-state index contributed by atoms with van der Waals surface area (Å²) in [7, 11) is 1.81. The smallest absolute Gasteiger partial charge is 0.190 e. The van der Waals surface area contributed by atoms with Crippen LogP contribution in [0.3, 0.4) is 0 Å². The molecule has 1 fully saturated rings. The average Bonchev–Trinajstić information content (AvgIpc) is 2.79. The van der Waals surface area contributed by atoms with Crippen LogP contribution in [-0.2, 0) is 6.42 Å². The lowest BCUT2D eigenvalue weighted by atomic mass is 10.2. The van der Waals surface area contributed by atoms with Crippen molar-refractivity contribution in [2.45, 2.75) is 26.2 Å². The molecule has 0 atom stereocenters. The normalized spacial score (nSPS) is 15.2. The van der Waals surface area contributed by atoms with Crippen LogP contribution in [0, 0.1) is 6.92 Å². The minimum absolute atomic E-state index is 0.530. The number of halogens is 1. The monoisotopic (exact) mass is 442 g/mol. The number of guanidine groups is 1. The van der Waals surface area contributed by atoms with E-state index in [1.807, 2.05) is 25.4 Å². The Hall–Kier alpha value is -2.31. The Kier molecular flexibility index (Phi) is 9.43. The summed E-state index contributed by atoms with van der Waals surface area (Å²) >= 11 is 5.83. The number of aromatic nitrogens is 1. The van der Waals surface area contributed by atoms with Crippen LogP contribution >= 0.6 is 11.6 Å². The first kappa shape index (κ1) is 23.4. The van der Waals surface area contributed by atoms with Crippen molar-refractivity contribution in [3.8, 4) is 0 Å². The Morgan fingerprint density at radius 1 is 1.06 bits per heavy atom. The molecule has 1 saturated heterocycles. The van der Waals surface area contributed by atoms with Crippen molar-refractivity contribution in [2.75, 3.05) is 57.8 Å². The number of benzene rings is 1. The molecule has 1 aromatic carbocycles. The van der Waals surface area contributed by atoms with Gasteiger partial charge in [-0.05, 0) is 62.1 Å². The average molecular weight is 443 g/mol. The van der Waals surface area contributed by atoms with Crippen LogP contribution in [0.2, 0.25) is 5.15 Å². The molecule has 7 heteroatoms. The molecule has 0 aliphatic carbocycles. The largest absolute Gasteiger partial charge is 0.369 e. The van der Waals surface area contributed by atoms with Gasteiger partial charge in [-0.15, -0.1) is 0 Å². The topological polar surface area (TPSA) is 55.8 Å². The second kappa shape index (κ2) is 12.5. The number of hydrogen-bond acceptors (Lipinski definition) is 4. The van der Waals surface area contributed by atoms with E-state index in [0.29, 0.717) is 5.15 Å². The Balaban J connectivity index is 1.25. The van der Waals surface area contributed by atoms with Crippen LogP contribution in [0.1, 0.15) is 24.0 Å². The number of aryl methyl sites for hydroxylation is 1. The molecule has 2 aromatic rings. The van der Waals surface area contributed by atoms with E-state index in [1.54, 1.807) is 0 Å². The van der Waals surface area contributed by atoms with Gasteiger partial charge in [0.25, 0.3) is 0 Å². The van der Waals surface area contributed by atoms with E-state index in [0.717, 1.165) is 63.6 Å². The van der Waals surface area contributed by atoms with Gasteiger partial charge in [0.15, 0.2) is 5.96 Å². The third-order valence-electron chi connectivity index (χ3n) is 5.65. The van der Waals surface area contributed by atoms with Crippen molar-refractivity contribution in [1.29, 1.82) is 0 Å². The molecule has 0 unspecified atom stereocenters. The van der Waals surface area contributed by atoms with Gasteiger partial charge in [-0.25, -0.2) is 4.98 Å². The quantitative estimate of drug-likeness (QED) is 0.270. The van der Waals surface area contributed by atoms with E-state index in [1.165, 1.54) is 24.2 Å². The fourth-order valence-corrected chi connectivity index (χ4v) is 3.93. The molecule has 0 radical (unpaired) electrons. The van der Waals surface area contributed by atoms with Gasteiger partial charge in [-0.2, -0.15) is 0 Å². The Bertz CT molecular complexity index is 815. The molecule has 1 aromatic heterocycles. The van der Waals surface area contributed by atoms with Gasteiger partial charge in [0.05, 0.1) is 0 Å². The van der Waals surface area contributed by atoms with Crippen LogP contribution < -0.4 is 15.5 Å². The summed E-state index contributed by atoms with van der Waals surface area (Å²) in [5.74, 6) is 0.855. The molecule has 168 valence electrons. The molecule has 0 bridgehead atoms. The van der Waals surface area contributed by atoms with Crippen molar-refractivity contribution >= 4 is 23.2 Å². The maximum absolute atomic E-state index is 5.83. The SMILES string of the molecule is CN=C(NCCCCN1CCN(c2cccc(C)c2)CC1)NCCc1ccc(Cl)nc1. The van der Waals surface area contributed by atoms with Crippen molar-refractivity contribution in [1.82, 2.24) is 20.5 Å². The van der Waals surface area contributed by atoms with Gasteiger partial charge in [0.1, 0.15) is 5.15 Å². The lowest BCUT2D eigenvalue weighted by molar-refractivity contribution is 0.253. The van der Waals surface area contributed by atoms with Gasteiger partial charge in [0.2, 0.25) is 0 Å². The van der Waals surface area contributed by atoms with E-state index in [-0.39, 0.29) is 0 Å². The molecule has 0 saturated carbocycles. The van der Waals surface area contributed by atoms with E-state index in [4.69, 9.17) is 11.6 Å². The number of pyridine rings is 1. The van der Waals surface area contributed by atoms with E-state index >= 15 is 0 Å². The van der Waals surface area contributed by atoms with Crippen molar-refractivity contribution in [3.05, 3.63) is 58.9 Å². The molecule has 1 aliphatic heterocycles. The summed E-state index contributed by atoms with van der Waals surface area (Å²) in [6.45, 7) is 9.59. The molecule has 3 rings (SSSR count). The summed E-state index contributed by atoms with van der Waals surface area (Å²) in [6.07, 6.45) is 5.05. The molecule has 0 amide bonds. The second-order valence-electron chi connectivity index (χ2n) is 8.04. The Labute approximate surface area is 191 Å². The van der Waals surface area contributed by atoms with Gasteiger partial charge < -0.3 is 15.5 Å². The minimum atomic E-state index is 0.530. The first-order valence-corrected chi connectivity index (χ1v) is 11.6. The molecular weight excluding hydrogens is 408 g/mol. The van der Waals surface area contributed by atoms with Crippen LogP contribution in [0.25, 0.3) is 0 Å². The second-order valence-corrected chi connectivity index (χ2v) is 8.43. The van der Waals surface area contributed by atoms with E-state index in [9.17, 15) is 0 Å². The lowest BCUT2D eigenvalue weighted by Gasteiger charge is -2.36. The number of anilines is 1. The predicted molar refractivity (Wildman–Crippen MR) is 131 cm³/mol. The first-order chi connectivity index (χ1) is 15.1. The van der Waals surface area contributed by atoms with E-state index in [2.05, 4.69) is 61.6 Å². The van der Waals surface area contributed by atoms with Gasteiger partial charge in [-0.3, -0.25) is 9.89 Å². The summed E-state index contributed by atoms with van der Waals surface area (Å²) in [6, 6.07) is 12.7. The molecule has 6 nitrogen and oxygen atoms in total. The number of nitrogens with one attached hydrogen (secondary N) is 2. The third-order valence-corrected chi connectivity index (χ3v) is 5.87. The molecule has 31 heavy (non-hydrogen) atoms. The highest BCUT2D eigenvalue weighted by molar-refractivity contribution is 6.29. The zero-order valence-corrected chi connectivity index (χ0v) is 19.5. The summed E-state index contributed by atoms with van der Waals surface area (Å²) in [5, 5.41) is 7.30. The molecule has 0 spiro atoms. The molecular formula is C24H35ClN6. The van der Waals surface area contributed by atoms with E-state index < -0.39 is 0 Å². The van der Waals surface area contributed by atoms with Gasteiger partial charge >= 0.3 is 0 Å². The maximum Gasteiger partial charge on any atom is 0.190 e. The molecule has 2 N–H and O–H groups in total. The standard InChI is InChI=1S/C24H35ClN6/c1-20-6-5-7-22(18-20)31-16-14-30(15-17-31)13-4-3-11-27-24(26-2)28-12-10-21-8-9-23(25)29-19-21/h5-9,18-19H,3-4,10-17H2,1-2H3,(H2,26,27,28). The Morgan fingerprint density at radius 3 is 2.58 bits per heavy atom. The van der Waals surface area contributed by atoms with Crippen LogP contribution in [0.5, 0.6) is 0 Å². The fourth-order valence-electron chi connectivity index (χ4n) is 3.82. The first-order valence-electron chi connectivity index (χ1n) is 11.2. The van der Waals surface area contributed by atoms with Crippen molar-refractivity contribution < 1.29 is 0 Å². The molecule has 1 aliphatic rings. The fraction of sp³-hybridized carbons (Fsp3) is 0.500. The zero-order valence-electron chi connectivity index (χ0n) is 18.8. The molecule has 2 heterocycles. The van der Waals surface area contributed by atoms with Crippen LogP contribution in [0.4, 0.5) is 5.69 Å². The predicted octanol–water partition coefficient (Wildman–Crippen LogP) is 3.35. The number of piperazine rings is 1. The van der Waals surface area contributed by atoms with Crippen LogP contribution in [0.15, 0.2) is 47.6 Å². The zero-order chi connectivity index (χ0) is 21.9.